The third-order valence-electron chi connectivity index (χ3n) is 3.36. The lowest BCUT2D eigenvalue weighted by molar-refractivity contribution is 0.601. The van der Waals surface area contributed by atoms with Gasteiger partial charge in [-0.25, -0.2) is 9.37 Å². The van der Waals surface area contributed by atoms with Crippen LogP contribution in [0.2, 0.25) is 0 Å². The molecule has 5 heteroatoms. The normalized spacial score (nSPS) is 11.0. The number of nitrogens with zero attached hydrogens (tertiary/aromatic N) is 1. The summed E-state index contributed by atoms with van der Waals surface area (Å²) in [5, 5.41) is 3.72. The van der Waals surface area contributed by atoms with Gasteiger partial charge < -0.3 is 10.3 Å². The van der Waals surface area contributed by atoms with E-state index in [4.69, 9.17) is 0 Å². The predicted molar refractivity (Wildman–Crippen MR) is 80.5 cm³/mol. The summed E-state index contributed by atoms with van der Waals surface area (Å²) < 4.78 is 14.1. The van der Waals surface area contributed by atoms with Crippen molar-refractivity contribution in [1.29, 1.82) is 0 Å². The minimum absolute atomic E-state index is 0.206. The van der Waals surface area contributed by atoms with Crippen molar-refractivity contribution in [2.75, 3.05) is 7.05 Å². The van der Waals surface area contributed by atoms with E-state index in [9.17, 15) is 9.18 Å². The Bertz CT molecular complexity index is 858. The van der Waals surface area contributed by atoms with Gasteiger partial charge in [-0.2, -0.15) is 0 Å². The van der Waals surface area contributed by atoms with Crippen molar-refractivity contribution in [2.24, 2.45) is 0 Å². The molecule has 0 saturated heterocycles. The summed E-state index contributed by atoms with van der Waals surface area (Å²) in [5.74, 6) is -0.253. The molecular formula is C16H14FN3O. The van der Waals surface area contributed by atoms with Crippen LogP contribution in [0.3, 0.4) is 0 Å². The highest BCUT2D eigenvalue weighted by molar-refractivity contribution is 5.92. The van der Waals surface area contributed by atoms with E-state index in [0.29, 0.717) is 17.8 Å². The number of aromatic amines is 1. The van der Waals surface area contributed by atoms with Gasteiger partial charge >= 0.3 is 0 Å². The van der Waals surface area contributed by atoms with E-state index in [2.05, 4.69) is 15.3 Å². The van der Waals surface area contributed by atoms with Crippen LogP contribution in [0.1, 0.15) is 5.56 Å². The molecule has 0 aliphatic heterocycles. The van der Waals surface area contributed by atoms with Crippen molar-refractivity contribution in [3.63, 3.8) is 0 Å². The highest BCUT2D eigenvalue weighted by Gasteiger charge is 2.08. The van der Waals surface area contributed by atoms with E-state index in [1.54, 1.807) is 25.4 Å². The lowest BCUT2D eigenvalue weighted by Crippen LogP contribution is -2.07. The first-order chi connectivity index (χ1) is 10.2. The Labute approximate surface area is 120 Å². The summed E-state index contributed by atoms with van der Waals surface area (Å²) in [6.45, 7) is 0.483. The predicted octanol–water partition coefficient (Wildman–Crippen LogP) is 2.45. The van der Waals surface area contributed by atoms with Gasteiger partial charge in [0.1, 0.15) is 11.5 Å². The molecular weight excluding hydrogens is 269 g/mol. The quantitative estimate of drug-likeness (QED) is 0.776. The van der Waals surface area contributed by atoms with Crippen LogP contribution in [-0.2, 0) is 6.54 Å². The third-order valence-corrected chi connectivity index (χ3v) is 3.36. The largest absolute Gasteiger partial charge is 0.316 e. The van der Waals surface area contributed by atoms with Crippen LogP contribution in [0.5, 0.6) is 0 Å². The third kappa shape index (κ3) is 2.55. The molecule has 21 heavy (non-hydrogen) atoms. The maximum Gasteiger partial charge on any atom is 0.249 e. The van der Waals surface area contributed by atoms with Crippen molar-refractivity contribution in [2.45, 2.75) is 6.54 Å². The molecule has 2 aromatic heterocycles. The van der Waals surface area contributed by atoms with Crippen molar-refractivity contribution < 1.29 is 4.39 Å². The van der Waals surface area contributed by atoms with Crippen LogP contribution in [-0.4, -0.2) is 17.0 Å². The standard InChI is InChI=1S/C16H14FN3O/c1-18-9-11-3-2-10(8-14(11)17)12-6-7-19-16-13(12)4-5-15(21)20-16/h2-8,18H,9H2,1H3,(H,19,20,21). The van der Waals surface area contributed by atoms with Crippen LogP contribution >= 0.6 is 0 Å². The van der Waals surface area contributed by atoms with Crippen LogP contribution in [0.4, 0.5) is 4.39 Å². The van der Waals surface area contributed by atoms with Gasteiger partial charge in [0.25, 0.3) is 0 Å². The number of hydrogen-bond acceptors (Lipinski definition) is 3. The Balaban J connectivity index is 2.16. The van der Waals surface area contributed by atoms with E-state index < -0.39 is 0 Å². The molecule has 3 rings (SSSR count). The molecule has 0 aliphatic carbocycles. The Kier molecular flexibility index (Phi) is 3.50. The first-order valence-electron chi connectivity index (χ1n) is 6.60. The second-order valence-electron chi connectivity index (χ2n) is 4.78. The molecule has 1 aromatic carbocycles. The SMILES string of the molecule is CNCc1ccc(-c2ccnc3[nH]c(=O)ccc23)cc1F. The van der Waals surface area contributed by atoms with E-state index >= 15 is 0 Å². The maximum atomic E-state index is 14.1. The van der Waals surface area contributed by atoms with Crippen LogP contribution in [0.25, 0.3) is 22.2 Å². The summed E-state index contributed by atoms with van der Waals surface area (Å²) in [6.07, 6.45) is 1.60. The number of nitrogens with one attached hydrogen (secondary N) is 2. The minimum atomic E-state index is -0.253. The van der Waals surface area contributed by atoms with Crippen molar-refractivity contribution in [3.05, 3.63) is 64.3 Å². The molecule has 0 radical (unpaired) electrons. The summed E-state index contributed by atoms with van der Waals surface area (Å²) in [6, 6.07) is 10.1. The van der Waals surface area contributed by atoms with Crippen LogP contribution in [0.15, 0.2) is 47.4 Å². The van der Waals surface area contributed by atoms with Gasteiger partial charge in [-0.3, -0.25) is 4.79 Å². The second-order valence-corrected chi connectivity index (χ2v) is 4.78. The summed E-state index contributed by atoms with van der Waals surface area (Å²) >= 11 is 0. The van der Waals surface area contributed by atoms with Crippen molar-refractivity contribution in [3.8, 4) is 11.1 Å². The fraction of sp³-hybridized carbons (Fsp3) is 0.125. The number of rotatable bonds is 3. The fourth-order valence-electron chi connectivity index (χ4n) is 2.36. The van der Waals surface area contributed by atoms with E-state index in [0.717, 1.165) is 16.5 Å². The van der Waals surface area contributed by atoms with E-state index in [1.165, 1.54) is 12.1 Å². The fourth-order valence-corrected chi connectivity index (χ4v) is 2.36. The summed E-state index contributed by atoms with van der Waals surface area (Å²) in [4.78, 5) is 18.2. The zero-order valence-corrected chi connectivity index (χ0v) is 11.5. The molecule has 0 unspecified atom stereocenters. The van der Waals surface area contributed by atoms with Gasteiger partial charge in [0.2, 0.25) is 5.56 Å². The molecule has 3 aromatic rings. The molecule has 0 spiro atoms. The Morgan fingerprint density at radius 2 is 2.10 bits per heavy atom. The summed E-state index contributed by atoms with van der Waals surface area (Å²) in [7, 11) is 1.78. The first kappa shape index (κ1) is 13.5. The smallest absolute Gasteiger partial charge is 0.249 e. The number of hydrogen-bond donors (Lipinski definition) is 2. The maximum absolute atomic E-state index is 14.1. The molecule has 0 fully saturated rings. The molecule has 2 heterocycles. The average molecular weight is 283 g/mol. The Morgan fingerprint density at radius 1 is 1.24 bits per heavy atom. The number of H-pyrrole nitrogens is 1. The Hall–Kier alpha value is -2.53. The van der Waals surface area contributed by atoms with Crippen molar-refractivity contribution in [1.82, 2.24) is 15.3 Å². The van der Waals surface area contributed by atoms with Crippen molar-refractivity contribution >= 4 is 11.0 Å². The monoisotopic (exact) mass is 283 g/mol. The number of fused-ring (bicyclic) bond motifs is 1. The molecule has 2 N–H and O–H groups in total. The molecule has 106 valence electrons. The number of pyridine rings is 2. The summed E-state index contributed by atoms with van der Waals surface area (Å²) in [5.41, 5.74) is 2.51. The van der Waals surface area contributed by atoms with Gasteiger partial charge in [-0.15, -0.1) is 0 Å². The molecule has 0 atom stereocenters. The Morgan fingerprint density at radius 3 is 2.86 bits per heavy atom. The zero-order valence-electron chi connectivity index (χ0n) is 11.5. The molecule has 0 aliphatic rings. The second kappa shape index (κ2) is 5.46. The first-order valence-corrected chi connectivity index (χ1v) is 6.60. The highest BCUT2D eigenvalue weighted by Crippen LogP contribution is 2.27. The molecule has 0 amide bonds. The van der Waals surface area contributed by atoms with E-state index in [-0.39, 0.29) is 11.4 Å². The van der Waals surface area contributed by atoms with Gasteiger partial charge in [-0.1, -0.05) is 12.1 Å². The molecule has 0 saturated carbocycles. The lowest BCUT2D eigenvalue weighted by Gasteiger charge is -2.08. The zero-order chi connectivity index (χ0) is 14.8. The molecule has 0 bridgehead atoms. The van der Waals surface area contributed by atoms with Gasteiger partial charge in [0.15, 0.2) is 0 Å². The van der Waals surface area contributed by atoms with Crippen LogP contribution < -0.4 is 10.9 Å². The minimum Gasteiger partial charge on any atom is -0.316 e. The topological polar surface area (TPSA) is 57.8 Å². The van der Waals surface area contributed by atoms with E-state index in [1.807, 2.05) is 12.1 Å². The molecule has 4 nitrogen and oxygen atoms in total. The van der Waals surface area contributed by atoms with Gasteiger partial charge in [0, 0.05) is 29.8 Å². The highest BCUT2D eigenvalue weighted by atomic mass is 19.1. The lowest BCUT2D eigenvalue weighted by atomic mass is 10.0. The van der Waals surface area contributed by atoms with Gasteiger partial charge in [-0.05, 0) is 36.4 Å². The van der Waals surface area contributed by atoms with Crippen LogP contribution in [0, 0.1) is 5.82 Å². The number of halogens is 1. The number of aromatic nitrogens is 2. The average Bonchev–Trinajstić information content (AvgIpc) is 2.48. The number of benzene rings is 1. The van der Waals surface area contributed by atoms with Gasteiger partial charge in [0.05, 0.1) is 0 Å².